The minimum atomic E-state index is 0.182. The van der Waals surface area contributed by atoms with Crippen LogP contribution in [0.5, 0.6) is 0 Å². The first-order valence-corrected chi connectivity index (χ1v) is 8.53. The molecule has 0 bridgehead atoms. The normalized spacial score (nSPS) is 25.9. The molecule has 0 aromatic carbocycles. The molecule has 0 radical (unpaired) electrons. The second-order valence-corrected chi connectivity index (χ2v) is 6.63. The molecule has 5 heteroatoms. The molecule has 2 aliphatic heterocycles. The van der Waals surface area contributed by atoms with Crippen molar-refractivity contribution in [2.75, 3.05) is 45.9 Å². The maximum absolute atomic E-state index is 12.1. The average Bonchev–Trinajstić information content (AvgIpc) is 2.49. The number of carbonyl (C=O) groups excluding carboxylic acids is 1. The van der Waals surface area contributed by atoms with E-state index >= 15 is 0 Å². The van der Waals surface area contributed by atoms with E-state index in [4.69, 9.17) is 5.11 Å². The second-order valence-electron chi connectivity index (χ2n) is 6.63. The molecule has 0 aliphatic carbocycles. The fourth-order valence-electron chi connectivity index (χ4n) is 3.45. The Morgan fingerprint density at radius 2 is 1.95 bits per heavy atom. The molecule has 5 nitrogen and oxygen atoms in total. The quantitative estimate of drug-likeness (QED) is 0.757. The number of likely N-dealkylation sites (tertiary alicyclic amines) is 2. The van der Waals surface area contributed by atoms with Crippen molar-refractivity contribution in [3.63, 3.8) is 0 Å². The summed E-state index contributed by atoms with van der Waals surface area (Å²) in [6, 6.07) is 0.547. The van der Waals surface area contributed by atoms with Crippen molar-refractivity contribution < 1.29 is 9.90 Å². The van der Waals surface area contributed by atoms with Crippen LogP contribution in [0.4, 0.5) is 0 Å². The lowest BCUT2D eigenvalue weighted by Crippen LogP contribution is -2.46. The van der Waals surface area contributed by atoms with Crippen LogP contribution in [0.1, 0.15) is 39.0 Å². The largest absolute Gasteiger partial charge is 0.395 e. The minimum Gasteiger partial charge on any atom is -0.395 e. The lowest BCUT2D eigenvalue weighted by Gasteiger charge is -2.33. The Bertz CT molecular complexity index is 317. The Kier molecular flexibility index (Phi) is 6.93. The first-order valence-electron chi connectivity index (χ1n) is 8.53. The molecule has 0 aromatic rings. The molecule has 2 aliphatic rings. The van der Waals surface area contributed by atoms with Gasteiger partial charge in [-0.05, 0) is 58.2 Å². The Morgan fingerprint density at radius 3 is 2.62 bits per heavy atom. The number of hydrogen-bond donors (Lipinski definition) is 2. The van der Waals surface area contributed by atoms with Gasteiger partial charge >= 0.3 is 0 Å². The molecule has 2 fully saturated rings. The van der Waals surface area contributed by atoms with Gasteiger partial charge in [0.1, 0.15) is 0 Å². The van der Waals surface area contributed by atoms with Gasteiger partial charge in [-0.1, -0.05) is 6.42 Å². The Morgan fingerprint density at radius 1 is 1.19 bits per heavy atom. The molecule has 1 amide bonds. The van der Waals surface area contributed by atoms with E-state index in [2.05, 4.69) is 22.0 Å². The first-order chi connectivity index (χ1) is 10.2. The summed E-state index contributed by atoms with van der Waals surface area (Å²) in [5.41, 5.74) is 0. The Hall–Kier alpha value is -0.650. The van der Waals surface area contributed by atoms with Gasteiger partial charge in [-0.15, -0.1) is 0 Å². The van der Waals surface area contributed by atoms with Crippen LogP contribution in [0, 0.1) is 5.92 Å². The summed E-state index contributed by atoms with van der Waals surface area (Å²) in [5.74, 6) is 0.782. The summed E-state index contributed by atoms with van der Waals surface area (Å²) in [5, 5.41) is 12.1. The van der Waals surface area contributed by atoms with Gasteiger partial charge in [-0.25, -0.2) is 0 Å². The zero-order valence-corrected chi connectivity index (χ0v) is 13.4. The number of carbonyl (C=O) groups is 1. The van der Waals surface area contributed by atoms with Crippen LogP contribution >= 0.6 is 0 Å². The van der Waals surface area contributed by atoms with E-state index in [1.165, 1.54) is 19.3 Å². The van der Waals surface area contributed by atoms with Gasteiger partial charge in [-0.3, -0.25) is 9.69 Å². The predicted molar refractivity (Wildman–Crippen MR) is 84.1 cm³/mol. The zero-order chi connectivity index (χ0) is 15.1. The number of β-amino-alcohol motifs (C(OH)–C–C–N with tert-alkyl or cyclic N) is 1. The smallest absolute Gasteiger partial charge is 0.234 e. The minimum absolute atomic E-state index is 0.182. The SMILES string of the molecule is CC1CCCCN1CC(=O)NCC1CCN(CCO)CC1. The number of nitrogens with one attached hydrogen (secondary N) is 1. The fraction of sp³-hybridized carbons (Fsp3) is 0.938. The molecule has 21 heavy (non-hydrogen) atoms. The van der Waals surface area contributed by atoms with Gasteiger partial charge in [-0.2, -0.15) is 0 Å². The highest BCUT2D eigenvalue weighted by Crippen LogP contribution is 2.17. The first kappa shape index (κ1) is 16.7. The van der Waals surface area contributed by atoms with Crippen LogP contribution in [-0.2, 0) is 4.79 Å². The van der Waals surface area contributed by atoms with E-state index in [1.54, 1.807) is 0 Å². The Balaban J connectivity index is 1.61. The predicted octanol–water partition coefficient (Wildman–Crippen LogP) is 0.681. The molecule has 1 unspecified atom stereocenters. The molecular weight excluding hydrogens is 266 g/mol. The second kappa shape index (κ2) is 8.71. The molecule has 0 aromatic heterocycles. The molecule has 2 saturated heterocycles. The third kappa shape index (κ3) is 5.57. The summed E-state index contributed by atoms with van der Waals surface area (Å²) in [6.07, 6.45) is 5.99. The van der Waals surface area contributed by atoms with E-state index in [0.717, 1.165) is 45.6 Å². The zero-order valence-electron chi connectivity index (χ0n) is 13.4. The highest BCUT2D eigenvalue weighted by molar-refractivity contribution is 5.78. The number of aliphatic hydroxyl groups excluding tert-OH is 1. The number of nitrogens with zero attached hydrogens (tertiary/aromatic N) is 2. The molecule has 0 spiro atoms. The van der Waals surface area contributed by atoms with Crippen molar-refractivity contribution in [2.45, 2.75) is 45.1 Å². The van der Waals surface area contributed by atoms with Crippen LogP contribution in [0.15, 0.2) is 0 Å². The number of amides is 1. The number of piperidine rings is 2. The fourth-order valence-corrected chi connectivity index (χ4v) is 3.45. The summed E-state index contributed by atoms with van der Waals surface area (Å²) in [4.78, 5) is 16.7. The molecular formula is C16H31N3O2. The van der Waals surface area contributed by atoms with Gasteiger partial charge in [0.15, 0.2) is 0 Å². The van der Waals surface area contributed by atoms with Gasteiger partial charge in [0.2, 0.25) is 5.91 Å². The Labute approximate surface area is 128 Å². The lowest BCUT2D eigenvalue weighted by molar-refractivity contribution is -0.123. The van der Waals surface area contributed by atoms with E-state index in [9.17, 15) is 4.79 Å². The third-order valence-electron chi connectivity index (χ3n) is 5.00. The van der Waals surface area contributed by atoms with Crippen LogP contribution in [0.25, 0.3) is 0 Å². The van der Waals surface area contributed by atoms with Crippen molar-refractivity contribution in [3.8, 4) is 0 Å². The molecule has 2 rings (SSSR count). The van der Waals surface area contributed by atoms with Crippen molar-refractivity contribution in [3.05, 3.63) is 0 Å². The third-order valence-corrected chi connectivity index (χ3v) is 5.00. The van der Waals surface area contributed by atoms with Crippen molar-refractivity contribution >= 4 is 5.91 Å². The van der Waals surface area contributed by atoms with Gasteiger partial charge < -0.3 is 15.3 Å². The number of hydrogen-bond acceptors (Lipinski definition) is 4. The maximum Gasteiger partial charge on any atom is 0.234 e. The summed E-state index contributed by atoms with van der Waals surface area (Å²) < 4.78 is 0. The topological polar surface area (TPSA) is 55.8 Å². The van der Waals surface area contributed by atoms with Crippen molar-refractivity contribution in [1.29, 1.82) is 0 Å². The summed E-state index contributed by atoms with van der Waals surface area (Å²) in [6.45, 7) is 7.78. The van der Waals surface area contributed by atoms with Crippen LogP contribution in [-0.4, -0.2) is 72.7 Å². The van der Waals surface area contributed by atoms with E-state index in [-0.39, 0.29) is 12.5 Å². The summed E-state index contributed by atoms with van der Waals surface area (Å²) in [7, 11) is 0. The number of rotatable bonds is 6. The van der Waals surface area contributed by atoms with E-state index in [1.807, 2.05) is 0 Å². The van der Waals surface area contributed by atoms with Gasteiger partial charge in [0, 0.05) is 19.1 Å². The standard InChI is InChI=1S/C16H31N3O2/c1-14-4-2-3-7-19(14)13-16(21)17-12-15-5-8-18(9-6-15)10-11-20/h14-15,20H,2-13H2,1H3,(H,17,21). The van der Waals surface area contributed by atoms with Crippen LogP contribution < -0.4 is 5.32 Å². The van der Waals surface area contributed by atoms with E-state index in [0.29, 0.717) is 18.5 Å². The summed E-state index contributed by atoms with van der Waals surface area (Å²) >= 11 is 0. The maximum atomic E-state index is 12.1. The van der Waals surface area contributed by atoms with Crippen molar-refractivity contribution in [1.82, 2.24) is 15.1 Å². The molecule has 2 heterocycles. The molecule has 1 atom stereocenters. The molecule has 0 saturated carbocycles. The molecule has 2 N–H and O–H groups in total. The highest BCUT2D eigenvalue weighted by Gasteiger charge is 2.22. The molecule has 122 valence electrons. The highest BCUT2D eigenvalue weighted by atomic mass is 16.3. The van der Waals surface area contributed by atoms with Crippen LogP contribution in [0.3, 0.4) is 0 Å². The monoisotopic (exact) mass is 297 g/mol. The lowest BCUT2D eigenvalue weighted by atomic mass is 9.97. The van der Waals surface area contributed by atoms with Crippen molar-refractivity contribution in [2.24, 2.45) is 5.92 Å². The van der Waals surface area contributed by atoms with Gasteiger partial charge in [0.05, 0.1) is 13.2 Å². The average molecular weight is 297 g/mol. The van der Waals surface area contributed by atoms with Gasteiger partial charge in [0.25, 0.3) is 0 Å². The van der Waals surface area contributed by atoms with Crippen LogP contribution in [0.2, 0.25) is 0 Å². The van der Waals surface area contributed by atoms with E-state index < -0.39 is 0 Å². The number of aliphatic hydroxyl groups is 1.